The van der Waals surface area contributed by atoms with Crippen LogP contribution in [0, 0.1) is 5.82 Å². The van der Waals surface area contributed by atoms with E-state index in [1.807, 2.05) is 24.3 Å². The standard InChI is InChI=1S/C18H16FN5/c19-12-4-6-13(7-5-12)21-17-11-16(15-3-1-2-10-20-15)23-18(24-17)22-14-8-9-14/h1-7,10-11,14H,8-9H2,(H2,21,22,23,24). The molecule has 2 heterocycles. The summed E-state index contributed by atoms with van der Waals surface area (Å²) in [6.45, 7) is 0. The quantitative estimate of drug-likeness (QED) is 0.744. The zero-order valence-electron chi connectivity index (χ0n) is 12.9. The van der Waals surface area contributed by atoms with Crippen LogP contribution in [0.25, 0.3) is 11.4 Å². The van der Waals surface area contributed by atoms with Gasteiger partial charge in [0.25, 0.3) is 0 Å². The highest BCUT2D eigenvalue weighted by molar-refractivity contribution is 5.65. The van der Waals surface area contributed by atoms with Gasteiger partial charge in [-0.1, -0.05) is 6.07 Å². The van der Waals surface area contributed by atoms with Gasteiger partial charge in [-0.3, -0.25) is 4.98 Å². The highest BCUT2D eigenvalue weighted by Gasteiger charge is 2.22. The maximum Gasteiger partial charge on any atom is 0.225 e. The van der Waals surface area contributed by atoms with Crippen molar-refractivity contribution in [2.24, 2.45) is 0 Å². The summed E-state index contributed by atoms with van der Waals surface area (Å²) in [6.07, 6.45) is 4.01. The molecule has 4 rings (SSSR count). The van der Waals surface area contributed by atoms with Crippen molar-refractivity contribution in [3.8, 4) is 11.4 Å². The van der Waals surface area contributed by atoms with Gasteiger partial charge in [0.2, 0.25) is 5.95 Å². The summed E-state index contributed by atoms with van der Waals surface area (Å²) < 4.78 is 13.1. The van der Waals surface area contributed by atoms with E-state index in [1.165, 1.54) is 12.1 Å². The van der Waals surface area contributed by atoms with Gasteiger partial charge in [0, 0.05) is 24.0 Å². The van der Waals surface area contributed by atoms with Crippen molar-refractivity contribution in [3.63, 3.8) is 0 Å². The van der Waals surface area contributed by atoms with Crippen LogP contribution in [0.15, 0.2) is 54.7 Å². The summed E-state index contributed by atoms with van der Waals surface area (Å²) in [5, 5.41) is 6.50. The Bertz CT molecular complexity index is 832. The summed E-state index contributed by atoms with van der Waals surface area (Å²) >= 11 is 0. The van der Waals surface area contributed by atoms with Gasteiger partial charge in [0.05, 0.1) is 11.4 Å². The van der Waals surface area contributed by atoms with Crippen molar-refractivity contribution in [1.29, 1.82) is 0 Å². The molecular weight excluding hydrogens is 305 g/mol. The molecule has 0 amide bonds. The lowest BCUT2D eigenvalue weighted by atomic mass is 10.2. The zero-order chi connectivity index (χ0) is 16.4. The number of anilines is 3. The minimum atomic E-state index is -0.270. The largest absolute Gasteiger partial charge is 0.351 e. The second-order valence-corrected chi connectivity index (χ2v) is 5.73. The fourth-order valence-corrected chi connectivity index (χ4v) is 2.31. The lowest BCUT2D eigenvalue weighted by Gasteiger charge is -2.11. The predicted molar refractivity (Wildman–Crippen MR) is 91.6 cm³/mol. The van der Waals surface area contributed by atoms with Crippen LogP contribution in [0.1, 0.15) is 12.8 Å². The summed E-state index contributed by atoms with van der Waals surface area (Å²) in [5.41, 5.74) is 2.28. The molecule has 0 aliphatic heterocycles. The molecule has 0 radical (unpaired) electrons. The lowest BCUT2D eigenvalue weighted by molar-refractivity contribution is 0.628. The van der Waals surface area contributed by atoms with Gasteiger partial charge in [-0.15, -0.1) is 0 Å². The maximum atomic E-state index is 13.1. The first-order chi connectivity index (χ1) is 11.8. The van der Waals surface area contributed by atoms with Crippen LogP contribution >= 0.6 is 0 Å². The molecule has 0 spiro atoms. The SMILES string of the molecule is Fc1ccc(Nc2cc(-c3ccccn3)nc(NC3CC3)n2)cc1. The predicted octanol–water partition coefficient (Wildman–Crippen LogP) is 4.00. The first-order valence-corrected chi connectivity index (χ1v) is 7.86. The number of aromatic nitrogens is 3. The van der Waals surface area contributed by atoms with Crippen molar-refractivity contribution in [2.75, 3.05) is 10.6 Å². The number of halogens is 1. The van der Waals surface area contributed by atoms with E-state index >= 15 is 0 Å². The molecule has 6 heteroatoms. The molecule has 1 saturated carbocycles. The average Bonchev–Trinajstić information content (AvgIpc) is 3.42. The molecule has 5 nitrogen and oxygen atoms in total. The Morgan fingerprint density at radius 2 is 1.79 bits per heavy atom. The minimum Gasteiger partial charge on any atom is -0.351 e. The van der Waals surface area contributed by atoms with E-state index < -0.39 is 0 Å². The minimum absolute atomic E-state index is 0.270. The number of nitrogens with zero attached hydrogens (tertiary/aromatic N) is 3. The third kappa shape index (κ3) is 3.48. The van der Waals surface area contributed by atoms with Crippen molar-refractivity contribution < 1.29 is 4.39 Å². The Hall–Kier alpha value is -3.02. The number of benzene rings is 1. The molecule has 0 atom stereocenters. The monoisotopic (exact) mass is 321 g/mol. The van der Waals surface area contributed by atoms with Crippen LogP contribution in [0.3, 0.4) is 0 Å². The fraction of sp³-hybridized carbons (Fsp3) is 0.167. The van der Waals surface area contributed by atoms with Crippen LogP contribution in [-0.2, 0) is 0 Å². The van der Waals surface area contributed by atoms with Crippen LogP contribution in [-0.4, -0.2) is 21.0 Å². The number of nitrogens with one attached hydrogen (secondary N) is 2. The molecule has 0 unspecified atom stereocenters. The Labute approximate surface area is 139 Å². The van der Waals surface area contributed by atoms with Crippen molar-refractivity contribution in [2.45, 2.75) is 18.9 Å². The Morgan fingerprint density at radius 3 is 2.50 bits per heavy atom. The van der Waals surface area contributed by atoms with Gasteiger partial charge < -0.3 is 10.6 Å². The van der Waals surface area contributed by atoms with E-state index in [1.54, 1.807) is 18.3 Å². The van der Waals surface area contributed by atoms with Gasteiger partial charge in [-0.25, -0.2) is 9.37 Å². The Morgan fingerprint density at radius 1 is 0.958 bits per heavy atom. The van der Waals surface area contributed by atoms with E-state index in [0.29, 0.717) is 17.8 Å². The third-order valence-corrected chi connectivity index (χ3v) is 3.68. The van der Waals surface area contributed by atoms with Crippen LogP contribution in [0.2, 0.25) is 0 Å². The van der Waals surface area contributed by atoms with E-state index in [0.717, 1.165) is 29.9 Å². The lowest BCUT2D eigenvalue weighted by Crippen LogP contribution is -2.08. The number of pyridine rings is 1. The summed E-state index contributed by atoms with van der Waals surface area (Å²) in [4.78, 5) is 13.4. The fourth-order valence-electron chi connectivity index (χ4n) is 2.31. The molecular formula is C18H16FN5. The Balaban J connectivity index is 1.67. The van der Waals surface area contributed by atoms with Crippen LogP contribution in [0.4, 0.5) is 21.8 Å². The highest BCUT2D eigenvalue weighted by atomic mass is 19.1. The van der Waals surface area contributed by atoms with Crippen LogP contribution < -0.4 is 10.6 Å². The molecule has 1 aliphatic rings. The topological polar surface area (TPSA) is 62.7 Å². The van der Waals surface area contributed by atoms with Gasteiger partial charge >= 0.3 is 0 Å². The molecule has 0 saturated heterocycles. The second-order valence-electron chi connectivity index (χ2n) is 5.73. The molecule has 24 heavy (non-hydrogen) atoms. The van der Waals surface area contributed by atoms with Crippen molar-refractivity contribution in [1.82, 2.24) is 15.0 Å². The van der Waals surface area contributed by atoms with E-state index in [2.05, 4.69) is 25.6 Å². The summed E-state index contributed by atoms with van der Waals surface area (Å²) in [6, 6.07) is 14.1. The van der Waals surface area contributed by atoms with E-state index in [-0.39, 0.29) is 5.82 Å². The number of hydrogen-bond donors (Lipinski definition) is 2. The highest BCUT2D eigenvalue weighted by Crippen LogP contribution is 2.26. The van der Waals surface area contributed by atoms with Gasteiger partial charge in [0.15, 0.2) is 0 Å². The van der Waals surface area contributed by atoms with Crippen LogP contribution in [0.5, 0.6) is 0 Å². The Kier molecular flexibility index (Phi) is 3.78. The maximum absolute atomic E-state index is 13.1. The second kappa shape index (κ2) is 6.23. The molecule has 1 aliphatic carbocycles. The molecule has 0 bridgehead atoms. The van der Waals surface area contributed by atoms with Crippen molar-refractivity contribution >= 4 is 17.5 Å². The van der Waals surface area contributed by atoms with Crippen molar-refractivity contribution in [3.05, 3.63) is 60.5 Å². The van der Waals surface area contributed by atoms with Gasteiger partial charge in [0.1, 0.15) is 11.6 Å². The third-order valence-electron chi connectivity index (χ3n) is 3.68. The number of hydrogen-bond acceptors (Lipinski definition) is 5. The summed E-state index contributed by atoms with van der Waals surface area (Å²) in [5.74, 6) is 0.944. The van der Waals surface area contributed by atoms with Gasteiger partial charge in [-0.05, 0) is 49.2 Å². The first kappa shape index (κ1) is 14.6. The molecule has 2 aromatic heterocycles. The zero-order valence-corrected chi connectivity index (χ0v) is 12.9. The first-order valence-electron chi connectivity index (χ1n) is 7.86. The molecule has 3 aromatic rings. The van der Waals surface area contributed by atoms with Gasteiger partial charge in [-0.2, -0.15) is 4.98 Å². The molecule has 1 aromatic carbocycles. The smallest absolute Gasteiger partial charge is 0.225 e. The molecule has 120 valence electrons. The molecule has 2 N–H and O–H groups in total. The average molecular weight is 321 g/mol. The molecule has 1 fully saturated rings. The van der Waals surface area contributed by atoms with E-state index in [4.69, 9.17) is 0 Å². The normalized spacial score (nSPS) is 13.5. The van der Waals surface area contributed by atoms with E-state index in [9.17, 15) is 4.39 Å². The number of rotatable bonds is 5. The summed E-state index contributed by atoms with van der Waals surface area (Å²) in [7, 11) is 0.